The van der Waals surface area contributed by atoms with Gasteiger partial charge in [-0.3, -0.25) is 0 Å². The van der Waals surface area contributed by atoms with Crippen LogP contribution >= 0.6 is 11.3 Å². The summed E-state index contributed by atoms with van der Waals surface area (Å²) in [5.41, 5.74) is 1.12. The number of rotatable bonds is 5. The minimum atomic E-state index is -0.290. The fraction of sp³-hybridized carbons (Fsp3) is 0.714. The zero-order valence-corrected chi connectivity index (χ0v) is 11.6. The second-order valence-electron chi connectivity index (χ2n) is 4.95. The summed E-state index contributed by atoms with van der Waals surface area (Å²) in [5.74, 6) is 0. The third kappa shape index (κ3) is 3.54. The van der Waals surface area contributed by atoms with E-state index in [-0.39, 0.29) is 6.10 Å². The molecule has 1 aromatic heterocycles. The van der Waals surface area contributed by atoms with Gasteiger partial charge in [0.2, 0.25) is 0 Å². The van der Waals surface area contributed by atoms with Gasteiger partial charge in [-0.05, 0) is 57.6 Å². The van der Waals surface area contributed by atoms with Crippen molar-refractivity contribution in [2.75, 3.05) is 6.61 Å². The fourth-order valence-corrected chi connectivity index (χ4v) is 3.53. The average molecular weight is 254 g/mol. The van der Waals surface area contributed by atoms with E-state index < -0.39 is 0 Å². The Morgan fingerprint density at radius 1 is 1.53 bits per heavy atom. The Balaban J connectivity index is 1.76. The molecule has 1 aliphatic rings. The van der Waals surface area contributed by atoms with Gasteiger partial charge in [0, 0.05) is 16.4 Å². The van der Waals surface area contributed by atoms with Crippen LogP contribution in [0, 0.1) is 13.8 Å². The molecule has 2 unspecified atom stereocenters. The van der Waals surface area contributed by atoms with E-state index >= 15 is 0 Å². The minimum Gasteiger partial charge on any atom is -0.388 e. The first kappa shape index (κ1) is 13.1. The lowest BCUT2D eigenvalue weighted by atomic mass is 10.0. The Morgan fingerprint density at radius 3 is 2.94 bits per heavy atom. The average Bonchev–Trinajstić information content (AvgIpc) is 2.88. The predicted molar refractivity (Wildman–Crippen MR) is 71.6 cm³/mol. The van der Waals surface area contributed by atoms with E-state index in [1.165, 1.54) is 22.6 Å². The normalized spacial score (nSPS) is 21.9. The number of aliphatic hydroxyl groups excluding tert-OH is 1. The molecule has 0 aliphatic carbocycles. The molecule has 1 aliphatic heterocycles. The summed E-state index contributed by atoms with van der Waals surface area (Å²) in [4.78, 5) is 2.54. The van der Waals surface area contributed by atoms with Crippen molar-refractivity contribution in [2.45, 2.75) is 58.2 Å². The maximum absolute atomic E-state index is 10.2. The summed E-state index contributed by atoms with van der Waals surface area (Å²) in [7, 11) is 0. The smallest absolute Gasteiger partial charge is 0.0800 e. The molecule has 0 radical (unpaired) electrons. The van der Waals surface area contributed by atoms with Crippen LogP contribution in [-0.4, -0.2) is 17.8 Å². The van der Waals surface area contributed by atoms with Crippen molar-refractivity contribution in [1.82, 2.24) is 0 Å². The van der Waals surface area contributed by atoms with E-state index in [0.717, 1.165) is 31.4 Å². The molecule has 1 aromatic rings. The second-order valence-corrected chi connectivity index (χ2v) is 6.41. The quantitative estimate of drug-likeness (QED) is 0.867. The van der Waals surface area contributed by atoms with Gasteiger partial charge < -0.3 is 9.84 Å². The lowest BCUT2D eigenvalue weighted by Gasteiger charge is -2.12. The SMILES string of the molecule is Cc1cc(C(O)CCCC2CCCO2)c(C)s1. The Bertz CT molecular complexity index is 353. The van der Waals surface area contributed by atoms with Crippen molar-refractivity contribution in [3.8, 4) is 0 Å². The number of ether oxygens (including phenoxy) is 1. The molecule has 1 saturated heterocycles. The Morgan fingerprint density at radius 2 is 2.35 bits per heavy atom. The van der Waals surface area contributed by atoms with Crippen LogP contribution in [0.3, 0.4) is 0 Å². The molecule has 2 atom stereocenters. The van der Waals surface area contributed by atoms with E-state index in [0.29, 0.717) is 6.10 Å². The molecular formula is C14H22O2S. The molecule has 2 nitrogen and oxygen atoms in total. The van der Waals surface area contributed by atoms with Crippen molar-refractivity contribution in [1.29, 1.82) is 0 Å². The molecule has 3 heteroatoms. The lowest BCUT2D eigenvalue weighted by Crippen LogP contribution is -2.06. The maximum atomic E-state index is 10.2. The topological polar surface area (TPSA) is 29.5 Å². The number of hydrogen-bond donors (Lipinski definition) is 1. The number of thiophene rings is 1. The van der Waals surface area contributed by atoms with Gasteiger partial charge in [-0.2, -0.15) is 0 Å². The maximum Gasteiger partial charge on any atom is 0.0800 e. The number of hydrogen-bond acceptors (Lipinski definition) is 3. The first-order valence-corrected chi connectivity index (χ1v) is 7.35. The summed E-state index contributed by atoms with van der Waals surface area (Å²) in [6.07, 6.45) is 5.58. The van der Waals surface area contributed by atoms with E-state index in [1.54, 1.807) is 11.3 Å². The van der Waals surface area contributed by atoms with Crippen LogP contribution in [0.5, 0.6) is 0 Å². The molecule has 96 valence electrons. The Kier molecular flexibility index (Phi) is 4.60. The molecule has 1 fully saturated rings. The molecular weight excluding hydrogens is 232 g/mol. The second kappa shape index (κ2) is 5.98. The monoisotopic (exact) mass is 254 g/mol. The Labute approximate surface area is 108 Å². The predicted octanol–water partition coefficient (Wildman–Crippen LogP) is 3.75. The van der Waals surface area contributed by atoms with Crippen molar-refractivity contribution >= 4 is 11.3 Å². The van der Waals surface area contributed by atoms with Crippen LogP contribution < -0.4 is 0 Å². The van der Waals surface area contributed by atoms with Gasteiger partial charge in [0.25, 0.3) is 0 Å². The lowest BCUT2D eigenvalue weighted by molar-refractivity contribution is 0.0944. The third-order valence-corrected chi connectivity index (χ3v) is 4.45. The minimum absolute atomic E-state index is 0.290. The molecule has 1 N–H and O–H groups in total. The molecule has 0 aromatic carbocycles. The van der Waals surface area contributed by atoms with E-state index in [1.807, 2.05) is 0 Å². The summed E-state index contributed by atoms with van der Waals surface area (Å²) in [6.45, 7) is 5.12. The van der Waals surface area contributed by atoms with Gasteiger partial charge >= 0.3 is 0 Å². The van der Waals surface area contributed by atoms with Crippen LogP contribution in [0.15, 0.2) is 6.07 Å². The van der Waals surface area contributed by atoms with E-state index in [4.69, 9.17) is 4.74 Å². The molecule has 2 heterocycles. The molecule has 0 bridgehead atoms. The molecule has 0 amide bonds. The van der Waals surface area contributed by atoms with E-state index in [9.17, 15) is 5.11 Å². The highest BCUT2D eigenvalue weighted by atomic mass is 32.1. The zero-order valence-electron chi connectivity index (χ0n) is 10.7. The third-order valence-electron chi connectivity index (χ3n) is 3.47. The molecule has 2 rings (SSSR count). The van der Waals surface area contributed by atoms with Gasteiger partial charge in [-0.15, -0.1) is 11.3 Å². The summed E-state index contributed by atoms with van der Waals surface area (Å²) in [6, 6.07) is 2.12. The largest absolute Gasteiger partial charge is 0.388 e. The van der Waals surface area contributed by atoms with Crippen molar-refractivity contribution in [2.24, 2.45) is 0 Å². The number of aliphatic hydroxyl groups is 1. The molecule has 0 saturated carbocycles. The highest BCUT2D eigenvalue weighted by Gasteiger charge is 2.17. The van der Waals surface area contributed by atoms with Gasteiger partial charge in [0.15, 0.2) is 0 Å². The van der Waals surface area contributed by atoms with Crippen LogP contribution in [0.1, 0.15) is 53.5 Å². The van der Waals surface area contributed by atoms with E-state index in [2.05, 4.69) is 19.9 Å². The van der Waals surface area contributed by atoms with Gasteiger partial charge in [0.1, 0.15) is 0 Å². The summed E-state index contributed by atoms with van der Waals surface area (Å²) in [5, 5.41) is 10.2. The van der Waals surface area contributed by atoms with Crippen LogP contribution in [0.4, 0.5) is 0 Å². The van der Waals surface area contributed by atoms with Crippen LogP contribution in [-0.2, 0) is 4.74 Å². The highest BCUT2D eigenvalue weighted by molar-refractivity contribution is 7.12. The first-order chi connectivity index (χ1) is 8.16. The summed E-state index contributed by atoms with van der Waals surface area (Å²) >= 11 is 1.77. The van der Waals surface area contributed by atoms with Crippen LogP contribution in [0.2, 0.25) is 0 Å². The Hall–Kier alpha value is -0.380. The molecule has 0 spiro atoms. The number of aryl methyl sites for hydroxylation is 2. The van der Waals surface area contributed by atoms with Crippen molar-refractivity contribution in [3.05, 3.63) is 21.4 Å². The van der Waals surface area contributed by atoms with Gasteiger partial charge in [-0.25, -0.2) is 0 Å². The zero-order chi connectivity index (χ0) is 12.3. The summed E-state index contributed by atoms with van der Waals surface area (Å²) < 4.78 is 5.59. The highest BCUT2D eigenvalue weighted by Crippen LogP contribution is 2.29. The first-order valence-electron chi connectivity index (χ1n) is 6.53. The molecule has 17 heavy (non-hydrogen) atoms. The van der Waals surface area contributed by atoms with Crippen LogP contribution in [0.25, 0.3) is 0 Å². The van der Waals surface area contributed by atoms with Gasteiger partial charge in [0.05, 0.1) is 12.2 Å². The van der Waals surface area contributed by atoms with Crippen molar-refractivity contribution < 1.29 is 9.84 Å². The fourth-order valence-electron chi connectivity index (χ4n) is 2.55. The van der Waals surface area contributed by atoms with Crippen molar-refractivity contribution in [3.63, 3.8) is 0 Å². The van der Waals surface area contributed by atoms with Gasteiger partial charge in [-0.1, -0.05) is 0 Å². The standard InChI is InChI=1S/C14H22O2S/c1-10-9-13(11(2)17-10)14(15)7-3-5-12-6-4-8-16-12/h9,12,14-15H,3-8H2,1-2H3.